The lowest BCUT2D eigenvalue weighted by Crippen LogP contribution is -2.20. The van der Waals surface area contributed by atoms with Gasteiger partial charge in [-0.25, -0.2) is 9.78 Å². The third-order valence-electron chi connectivity index (χ3n) is 3.63. The number of esters is 1. The monoisotopic (exact) mass is 343 g/mol. The molecule has 0 fully saturated rings. The molecule has 0 radical (unpaired) electrons. The van der Waals surface area contributed by atoms with Crippen LogP contribution in [0.25, 0.3) is 27.8 Å². The largest absolute Gasteiger partial charge is 0.462 e. The highest BCUT2D eigenvalue weighted by Gasteiger charge is 2.25. The number of para-hydroxylation sites is 2. The number of rotatable bonds is 2. The van der Waals surface area contributed by atoms with Gasteiger partial charge in [-0.15, -0.1) is 0 Å². The molecular formula is C16H10ClN3O4. The van der Waals surface area contributed by atoms with E-state index < -0.39 is 11.4 Å². The average molecular weight is 344 g/mol. The highest BCUT2D eigenvalue weighted by Crippen LogP contribution is 2.26. The van der Waals surface area contributed by atoms with E-state index in [2.05, 4.69) is 9.97 Å². The summed E-state index contributed by atoms with van der Waals surface area (Å²) in [4.78, 5) is 33.0. The van der Waals surface area contributed by atoms with Crippen LogP contribution in [0.5, 0.6) is 0 Å². The fourth-order valence-corrected chi connectivity index (χ4v) is 2.79. The molecule has 24 heavy (non-hydrogen) atoms. The van der Waals surface area contributed by atoms with E-state index in [1.54, 1.807) is 29.5 Å². The summed E-state index contributed by atoms with van der Waals surface area (Å²) in [7, 11) is 0. The Morgan fingerprint density at radius 1 is 1.38 bits per heavy atom. The van der Waals surface area contributed by atoms with E-state index in [-0.39, 0.29) is 34.2 Å². The molecule has 0 aliphatic rings. The Balaban J connectivity index is 2.30. The molecule has 3 heterocycles. The number of hydrogen-bond donors (Lipinski definition) is 0. The zero-order valence-electron chi connectivity index (χ0n) is 12.4. The Morgan fingerprint density at radius 2 is 2.17 bits per heavy atom. The van der Waals surface area contributed by atoms with Crippen molar-refractivity contribution in [2.75, 3.05) is 6.61 Å². The maximum Gasteiger partial charge on any atom is 0.347 e. The highest BCUT2D eigenvalue weighted by atomic mass is 35.5. The van der Waals surface area contributed by atoms with Crippen molar-refractivity contribution < 1.29 is 13.9 Å². The summed E-state index contributed by atoms with van der Waals surface area (Å²) in [6.07, 6.45) is 1.30. The molecule has 0 aliphatic carbocycles. The van der Waals surface area contributed by atoms with Gasteiger partial charge in [-0.3, -0.25) is 9.20 Å². The van der Waals surface area contributed by atoms with Crippen molar-refractivity contribution in [3.63, 3.8) is 0 Å². The molecule has 0 N–H and O–H groups in total. The Labute approximate surface area is 139 Å². The first kappa shape index (κ1) is 14.6. The van der Waals surface area contributed by atoms with Crippen molar-refractivity contribution in [3.05, 3.63) is 51.5 Å². The van der Waals surface area contributed by atoms with Crippen LogP contribution in [-0.4, -0.2) is 26.9 Å². The zero-order valence-corrected chi connectivity index (χ0v) is 13.2. The van der Waals surface area contributed by atoms with Crippen molar-refractivity contribution in [2.45, 2.75) is 6.92 Å². The highest BCUT2D eigenvalue weighted by molar-refractivity contribution is 6.28. The van der Waals surface area contributed by atoms with Crippen LogP contribution in [0, 0.1) is 0 Å². The van der Waals surface area contributed by atoms with E-state index >= 15 is 0 Å². The normalized spacial score (nSPS) is 11.4. The fraction of sp³-hybridized carbons (Fsp3) is 0.125. The van der Waals surface area contributed by atoms with E-state index in [4.69, 9.17) is 20.8 Å². The summed E-state index contributed by atoms with van der Waals surface area (Å²) >= 11 is 5.88. The summed E-state index contributed by atoms with van der Waals surface area (Å²) in [6.45, 7) is 1.80. The molecular weight excluding hydrogens is 334 g/mol. The molecule has 0 saturated carbocycles. The van der Waals surface area contributed by atoms with Crippen LogP contribution in [0.1, 0.15) is 17.3 Å². The number of benzene rings is 1. The van der Waals surface area contributed by atoms with Gasteiger partial charge in [-0.2, -0.15) is 4.98 Å². The smallest absolute Gasteiger partial charge is 0.347 e. The first-order chi connectivity index (χ1) is 11.6. The molecule has 0 aliphatic heterocycles. The number of hydrogen-bond acceptors (Lipinski definition) is 6. The van der Waals surface area contributed by atoms with Gasteiger partial charge in [0.1, 0.15) is 0 Å². The minimum atomic E-state index is -0.754. The van der Waals surface area contributed by atoms with Gasteiger partial charge in [-0.1, -0.05) is 12.1 Å². The molecule has 0 saturated heterocycles. The topological polar surface area (TPSA) is 86.7 Å². The van der Waals surface area contributed by atoms with Crippen LogP contribution in [0.2, 0.25) is 5.28 Å². The number of fused-ring (bicyclic) bond motifs is 5. The van der Waals surface area contributed by atoms with Gasteiger partial charge in [-0.05, 0) is 30.7 Å². The van der Waals surface area contributed by atoms with E-state index in [1.807, 2.05) is 6.07 Å². The number of aromatic nitrogens is 3. The molecule has 4 rings (SSSR count). The molecule has 1 aromatic carbocycles. The SMILES string of the molecule is CCOC(=O)c1c(=O)c2cnc(Cl)nc2n2c1oc1ccccc12. The zero-order chi connectivity index (χ0) is 16.8. The maximum atomic E-state index is 12.7. The molecule has 4 aromatic rings. The minimum Gasteiger partial charge on any atom is -0.462 e. The lowest BCUT2D eigenvalue weighted by atomic mass is 10.2. The van der Waals surface area contributed by atoms with Gasteiger partial charge in [0.05, 0.1) is 17.5 Å². The molecule has 120 valence electrons. The predicted molar refractivity (Wildman–Crippen MR) is 87.5 cm³/mol. The standard InChI is InChI=1S/C16H10ClN3O4/c1-2-23-15(22)11-12(21)8-7-18-16(17)19-13(8)20-9-5-3-4-6-10(9)24-14(11)20/h3-7H,2H2,1H3. The summed E-state index contributed by atoms with van der Waals surface area (Å²) in [5, 5.41) is 0.149. The van der Waals surface area contributed by atoms with Crippen molar-refractivity contribution in [1.82, 2.24) is 14.4 Å². The molecule has 3 aromatic heterocycles. The van der Waals surface area contributed by atoms with Crippen molar-refractivity contribution >= 4 is 45.4 Å². The quantitative estimate of drug-likeness (QED) is 0.411. The van der Waals surface area contributed by atoms with Crippen LogP contribution in [0.4, 0.5) is 0 Å². The lowest BCUT2D eigenvalue weighted by molar-refractivity contribution is 0.0526. The second-order valence-corrected chi connectivity index (χ2v) is 5.35. The van der Waals surface area contributed by atoms with Gasteiger partial charge in [0.2, 0.25) is 16.4 Å². The number of oxazole rings is 1. The van der Waals surface area contributed by atoms with Gasteiger partial charge in [0.15, 0.2) is 16.8 Å². The van der Waals surface area contributed by atoms with Crippen molar-refractivity contribution in [1.29, 1.82) is 0 Å². The maximum absolute atomic E-state index is 12.7. The van der Waals surface area contributed by atoms with Crippen LogP contribution in [0.15, 0.2) is 39.7 Å². The van der Waals surface area contributed by atoms with Crippen LogP contribution in [0.3, 0.4) is 0 Å². The second-order valence-electron chi connectivity index (χ2n) is 5.01. The third kappa shape index (κ3) is 1.98. The van der Waals surface area contributed by atoms with Crippen LogP contribution < -0.4 is 5.43 Å². The average Bonchev–Trinajstić information content (AvgIpc) is 2.94. The van der Waals surface area contributed by atoms with Gasteiger partial charge >= 0.3 is 5.97 Å². The van der Waals surface area contributed by atoms with E-state index in [0.717, 1.165) is 0 Å². The predicted octanol–water partition coefficient (Wildman–Crippen LogP) is 2.82. The molecule has 0 amide bonds. The molecule has 0 bridgehead atoms. The molecule has 0 unspecified atom stereocenters. The van der Waals surface area contributed by atoms with Gasteiger partial charge in [0, 0.05) is 6.20 Å². The summed E-state index contributed by atoms with van der Waals surface area (Å²) < 4.78 is 12.3. The lowest BCUT2D eigenvalue weighted by Gasteiger charge is -2.06. The number of carbonyl (C=O) groups excluding carboxylic acids is 1. The number of carbonyl (C=O) groups is 1. The van der Waals surface area contributed by atoms with E-state index in [9.17, 15) is 9.59 Å². The summed E-state index contributed by atoms with van der Waals surface area (Å²) in [5.74, 6) is -0.754. The Morgan fingerprint density at radius 3 is 2.96 bits per heavy atom. The molecule has 8 heteroatoms. The molecule has 7 nitrogen and oxygen atoms in total. The van der Waals surface area contributed by atoms with Crippen LogP contribution in [-0.2, 0) is 4.74 Å². The number of pyridine rings is 1. The molecule has 0 atom stereocenters. The van der Waals surface area contributed by atoms with Crippen molar-refractivity contribution in [2.24, 2.45) is 0 Å². The number of ether oxygens (including phenoxy) is 1. The third-order valence-corrected chi connectivity index (χ3v) is 3.81. The van der Waals surface area contributed by atoms with Gasteiger partial charge < -0.3 is 9.15 Å². The first-order valence-electron chi connectivity index (χ1n) is 7.17. The first-order valence-corrected chi connectivity index (χ1v) is 7.55. The Kier molecular flexibility index (Phi) is 3.24. The van der Waals surface area contributed by atoms with E-state index in [1.165, 1.54) is 6.20 Å². The molecule has 0 spiro atoms. The van der Waals surface area contributed by atoms with Gasteiger partial charge in [0.25, 0.3) is 0 Å². The number of nitrogens with zero attached hydrogens (tertiary/aromatic N) is 3. The van der Waals surface area contributed by atoms with E-state index in [0.29, 0.717) is 11.1 Å². The van der Waals surface area contributed by atoms with Crippen LogP contribution >= 0.6 is 11.6 Å². The Hall–Kier alpha value is -2.93. The fourth-order valence-electron chi connectivity index (χ4n) is 2.66. The number of halogens is 1. The second kappa shape index (κ2) is 5.31. The minimum absolute atomic E-state index is 0.00938. The summed E-state index contributed by atoms with van der Waals surface area (Å²) in [6, 6.07) is 7.13. The Bertz CT molecular complexity index is 1180. The summed E-state index contributed by atoms with van der Waals surface area (Å²) in [5.41, 5.74) is 0.753. The van der Waals surface area contributed by atoms with Crippen molar-refractivity contribution in [3.8, 4) is 0 Å².